The molecule has 1 heteroatoms. The maximum Gasteiger partial charge on any atom is 0.127 e. The second-order valence-corrected chi connectivity index (χ2v) is 3.88. The summed E-state index contributed by atoms with van der Waals surface area (Å²) in [5.74, 6) is 1.74. The predicted octanol–water partition coefficient (Wildman–Crippen LogP) is 11.3. The summed E-state index contributed by atoms with van der Waals surface area (Å²) in [6.07, 6.45) is 0. The summed E-state index contributed by atoms with van der Waals surface area (Å²) in [4.78, 5) is 0. The van der Waals surface area contributed by atoms with Gasteiger partial charge in [0.05, 0.1) is 0 Å². The van der Waals surface area contributed by atoms with E-state index in [-0.39, 0.29) is 0 Å². The topological polar surface area (TPSA) is 9.23 Å². The Kier molecular flexibility index (Phi) is 57.8. The molecule has 31 heavy (non-hydrogen) atoms. The van der Waals surface area contributed by atoms with E-state index in [9.17, 15) is 0 Å². The van der Waals surface area contributed by atoms with Crippen LogP contribution in [0, 0.1) is 0 Å². The minimum absolute atomic E-state index is 0.869. The van der Waals surface area contributed by atoms with Crippen molar-refractivity contribution >= 4 is 0 Å². The molecule has 0 heterocycles. The highest BCUT2D eigenvalue weighted by Crippen LogP contribution is 2.19. The van der Waals surface area contributed by atoms with E-state index >= 15 is 0 Å². The maximum atomic E-state index is 5.58. The highest BCUT2D eigenvalue weighted by atomic mass is 16.5. The Bertz CT molecular complexity index is 483. The predicted molar refractivity (Wildman–Crippen MR) is 147 cm³/mol. The molecule has 0 N–H and O–H groups in total. The molecule has 0 aliphatic carbocycles. The van der Waals surface area contributed by atoms with E-state index in [0.717, 1.165) is 11.5 Å². The van der Waals surface area contributed by atoms with Crippen molar-refractivity contribution in [1.82, 2.24) is 0 Å². The summed E-state index contributed by atoms with van der Waals surface area (Å²) in [6, 6.07) is 31.5. The van der Waals surface area contributed by atoms with Gasteiger partial charge in [-0.2, -0.15) is 0 Å². The number of rotatable bonds is 2. The van der Waals surface area contributed by atoms with Gasteiger partial charge in [-0.1, -0.05) is 156 Å². The Balaban J connectivity index is -0.000000106. The van der Waals surface area contributed by atoms with Crippen LogP contribution in [0.3, 0.4) is 0 Å². The van der Waals surface area contributed by atoms with E-state index in [1.165, 1.54) is 0 Å². The second-order valence-electron chi connectivity index (χ2n) is 3.88. The third-order valence-corrected chi connectivity index (χ3v) is 2.39. The first kappa shape index (κ1) is 39.0. The smallest absolute Gasteiger partial charge is 0.127 e. The average Bonchev–Trinajstić information content (AvgIpc) is 2.94. The highest BCUT2D eigenvalue weighted by molar-refractivity contribution is 5.30. The van der Waals surface area contributed by atoms with Gasteiger partial charge < -0.3 is 4.74 Å². The van der Waals surface area contributed by atoms with Crippen LogP contribution >= 0.6 is 0 Å². The van der Waals surface area contributed by atoms with E-state index in [4.69, 9.17) is 4.74 Å². The second kappa shape index (κ2) is 45.9. The molecule has 178 valence electrons. The van der Waals surface area contributed by atoms with Crippen molar-refractivity contribution < 1.29 is 4.74 Å². The van der Waals surface area contributed by atoms with Gasteiger partial charge in [-0.15, -0.1) is 0 Å². The third kappa shape index (κ3) is 32.3. The SMILES string of the molecule is CC.CC.CC.CC.CC.CC.c1ccc(Oc2ccccc2)cc1.c1ccccc1. The largest absolute Gasteiger partial charge is 0.457 e. The normalized spacial score (nSPS) is 6.71. The standard InChI is InChI=1S/C12H10O.C6H6.6C2H6/c1-3-7-11(8-4-1)13-12-9-5-2-6-10-12;1-2-4-6-5-3-1;6*1-2/h1-10H;1-6H;6*1-2H3. The van der Waals surface area contributed by atoms with Gasteiger partial charge in [-0.05, 0) is 24.3 Å². The number of benzene rings is 3. The van der Waals surface area contributed by atoms with Crippen LogP contribution in [0.1, 0.15) is 83.1 Å². The van der Waals surface area contributed by atoms with Gasteiger partial charge in [0.25, 0.3) is 0 Å². The molecule has 0 aliphatic heterocycles. The molecule has 0 aromatic heterocycles. The van der Waals surface area contributed by atoms with E-state index in [1.807, 2.05) is 180 Å². The molecule has 0 fully saturated rings. The van der Waals surface area contributed by atoms with Crippen LogP contribution in [0.5, 0.6) is 11.5 Å². The van der Waals surface area contributed by atoms with Crippen LogP contribution in [-0.2, 0) is 0 Å². The van der Waals surface area contributed by atoms with Crippen LogP contribution < -0.4 is 4.74 Å². The van der Waals surface area contributed by atoms with Crippen molar-refractivity contribution in [2.75, 3.05) is 0 Å². The summed E-state index contributed by atoms with van der Waals surface area (Å²) < 4.78 is 5.58. The minimum Gasteiger partial charge on any atom is -0.457 e. The maximum absolute atomic E-state index is 5.58. The Hall–Kier alpha value is -2.54. The van der Waals surface area contributed by atoms with Crippen molar-refractivity contribution in [1.29, 1.82) is 0 Å². The van der Waals surface area contributed by atoms with Crippen molar-refractivity contribution in [2.45, 2.75) is 83.1 Å². The Labute approximate surface area is 196 Å². The Morgan fingerprint density at radius 3 is 0.645 bits per heavy atom. The monoisotopic (exact) mass is 428 g/mol. The Morgan fingerprint density at radius 2 is 0.452 bits per heavy atom. The van der Waals surface area contributed by atoms with Gasteiger partial charge in [-0.25, -0.2) is 0 Å². The molecule has 0 atom stereocenters. The third-order valence-electron chi connectivity index (χ3n) is 2.39. The van der Waals surface area contributed by atoms with Gasteiger partial charge in [-0.3, -0.25) is 0 Å². The highest BCUT2D eigenvalue weighted by Gasteiger charge is 1.92. The first-order chi connectivity index (χ1) is 15.4. The van der Waals surface area contributed by atoms with Crippen LogP contribution in [-0.4, -0.2) is 0 Å². The van der Waals surface area contributed by atoms with E-state index in [0.29, 0.717) is 0 Å². The van der Waals surface area contributed by atoms with Crippen LogP contribution in [0.25, 0.3) is 0 Å². The lowest BCUT2D eigenvalue weighted by Gasteiger charge is -2.03. The van der Waals surface area contributed by atoms with Crippen LogP contribution in [0.2, 0.25) is 0 Å². The van der Waals surface area contributed by atoms with Crippen molar-refractivity contribution in [2.24, 2.45) is 0 Å². The summed E-state index contributed by atoms with van der Waals surface area (Å²) >= 11 is 0. The molecule has 0 aliphatic rings. The summed E-state index contributed by atoms with van der Waals surface area (Å²) in [6.45, 7) is 24.0. The molecule has 0 radical (unpaired) electrons. The van der Waals surface area contributed by atoms with E-state index in [1.54, 1.807) is 0 Å². The Morgan fingerprint density at radius 1 is 0.290 bits per heavy atom. The molecule has 0 amide bonds. The number of hydrogen-bond donors (Lipinski definition) is 0. The van der Waals surface area contributed by atoms with Crippen molar-refractivity contribution in [3.63, 3.8) is 0 Å². The first-order valence-corrected chi connectivity index (χ1v) is 12.2. The summed E-state index contributed by atoms with van der Waals surface area (Å²) in [7, 11) is 0. The van der Waals surface area contributed by atoms with E-state index < -0.39 is 0 Å². The zero-order valence-corrected chi connectivity index (χ0v) is 22.6. The molecule has 0 saturated carbocycles. The molecule has 3 rings (SSSR count). The molecular weight excluding hydrogens is 376 g/mol. The molecular formula is C30H52O. The lowest BCUT2D eigenvalue weighted by atomic mass is 10.3. The molecule has 3 aromatic rings. The van der Waals surface area contributed by atoms with Gasteiger partial charge in [0.2, 0.25) is 0 Å². The summed E-state index contributed by atoms with van der Waals surface area (Å²) in [5.41, 5.74) is 0. The van der Waals surface area contributed by atoms with Crippen LogP contribution in [0.4, 0.5) is 0 Å². The number of para-hydroxylation sites is 2. The lowest BCUT2D eigenvalue weighted by molar-refractivity contribution is 0.482. The minimum atomic E-state index is 0.869. The van der Waals surface area contributed by atoms with Crippen molar-refractivity contribution in [3.8, 4) is 11.5 Å². The van der Waals surface area contributed by atoms with Crippen molar-refractivity contribution in [3.05, 3.63) is 97.1 Å². The first-order valence-electron chi connectivity index (χ1n) is 12.2. The zero-order valence-electron chi connectivity index (χ0n) is 22.6. The van der Waals surface area contributed by atoms with E-state index in [2.05, 4.69) is 0 Å². The van der Waals surface area contributed by atoms with Gasteiger partial charge in [0.1, 0.15) is 11.5 Å². The molecule has 0 bridgehead atoms. The fourth-order valence-corrected chi connectivity index (χ4v) is 1.50. The molecule has 0 spiro atoms. The quantitative estimate of drug-likeness (QED) is 0.394. The number of hydrogen-bond acceptors (Lipinski definition) is 1. The molecule has 1 nitrogen and oxygen atoms in total. The van der Waals surface area contributed by atoms with Gasteiger partial charge in [0, 0.05) is 0 Å². The number of ether oxygens (including phenoxy) is 1. The summed E-state index contributed by atoms with van der Waals surface area (Å²) in [5, 5.41) is 0. The fraction of sp³-hybridized carbons (Fsp3) is 0.400. The van der Waals surface area contributed by atoms with Gasteiger partial charge >= 0.3 is 0 Å². The molecule has 3 aromatic carbocycles. The lowest BCUT2D eigenvalue weighted by Crippen LogP contribution is -1.81. The van der Waals surface area contributed by atoms with Gasteiger partial charge in [0.15, 0.2) is 0 Å². The average molecular weight is 429 g/mol. The fourth-order valence-electron chi connectivity index (χ4n) is 1.50. The molecule has 0 unspecified atom stereocenters. The molecule has 0 saturated heterocycles. The van der Waals surface area contributed by atoms with Crippen LogP contribution in [0.15, 0.2) is 97.1 Å². The zero-order chi connectivity index (χ0) is 25.2.